The Morgan fingerprint density at radius 1 is 1.28 bits per heavy atom. The van der Waals surface area contributed by atoms with Crippen LogP contribution in [0.2, 0.25) is 0 Å². The monoisotopic (exact) mass is 248 g/mol. The summed E-state index contributed by atoms with van der Waals surface area (Å²) in [6.45, 7) is 0.0782. The molecule has 6 heteroatoms. The van der Waals surface area contributed by atoms with Crippen LogP contribution in [0.3, 0.4) is 0 Å². The first-order chi connectivity index (χ1) is 8.56. The van der Waals surface area contributed by atoms with Crippen LogP contribution in [0.5, 0.6) is 5.75 Å². The van der Waals surface area contributed by atoms with E-state index in [1.54, 1.807) is 18.2 Å². The molecular formula is C12H12N2O4. The van der Waals surface area contributed by atoms with Gasteiger partial charge in [-0.05, 0) is 24.3 Å². The van der Waals surface area contributed by atoms with Gasteiger partial charge in [-0.2, -0.15) is 0 Å². The van der Waals surface area contributed by atoms with Gasteiger partial charge in [-0.1, -0.05) is 0 Å². The van der Waals surface area contributed by atoms with Crippen molar-refractivity contribution in [2.75, 3.05) is 6.54 Å². The number of phenols is 1. The van der Waals surface area contributed by atoms with E-state index in [1.165, 1.54) is 6.07 Å². The summed E-state index contributed by atoms with van der Waals surface area (Å²) in [7, 11) is 0. The molecule has 1 aromatic carbocycles. The average Bonchev–Trinajstić information content (AvgIpc) is 2.71. The molecule has 0 aliphatic rings. The van der Waals surface area contributed by atoms with Crippen molar-refractivity contribution in [3.8, 4) is 5.75 Å². The average molecular weight is 248 g/mol. The van der Waals surface area contributed by atoms with Gasteiger partial charge in [0.2, 0.25) is 0 Å². The largest absolute Gasteiger partial charge is 0.508 e. The third-order valence-electron chi connectivity index (χ3n) is 2.47. The number of amides is 1. The van der Waals surface area contributed by atoms with Gasteiger partial charge in [0.05, 0.1) is 6.42 Å². The number of aromatic hydroxyl groups is 1. The van der Waals surface area contributed by atoms with Crippen LogP contribution in [-0.2, 0) is 4.79 Å². The molecule has 1 heterocycles. The van der Waals surface area contributed by atoms with Crippen LogP contribution < -0.4 is 5.32 Å². The standard InChI is InChI=1S/C12H12N2O4/c15-8-1-2-9-7(5-8)6-10(14-9)12(18)13-4-3-11(16)17/h1-2,5-6,14-15H,3-4H2,(H,13,18)(H,16,17). The number of hydrogen-bond acceptors (Lipinski definition) is 3. The molecular weight excluding hydrogens is 236 g/mol. The normalized spacial score (nSPS) is 10.4. The molecule has 0 atom stereocenters. The summed E-state index contributed by atoms with van der Waals surface area (Å²) in [4.78, 5) is 24.9. The second-order valence-corrected chi connectivity index (χ2v) is 3.85. The Kier molecular flexibility index (Phi) is 3.18. The number of benzene rings is 1. The number of H-pyrrole nitrogens is 1. The van der Waals surface area contributed by atoms with Crippen LogP contribution in [0.15, 0.2) is 24.3 Å². The van der Waals surface area contributed by atoms with Gasteiger partial charge in [-0.25, -0.2) is 0 Å². The van der Waals surface area contributed by atoms with Crippen molar-refractivity contribution < 1.29 is 19.8 Å². The van der Waals surface area contributed by atoms with E-state index < -0.39 is 5.97 Å². The van der Waals surface area contributed by atoms with Gasteiger partial charge < -0.3 is 20.5 Å². The fourth-order valence-corrected chi connectivity index (χ4v) is 1.62. The fraction of sp³-hybridized carbons (Fsp3) is 0.167. The molecule has 4 N–H and O–H groups in total. The Hall–Kier alpha value is -2.50. The van der Waals surface area contributed by atoms with E-state index in [2.05, 4.69) is 10.3 Å². The van der Waals surface area contributed by atoms with Gasteiger partial charge in [-0.3, -0.25) is 9.59 Å². The van der Waals surface area contributed by atoms with Crippen LogP contribution in [-0.4, -0.2) is 33.6 Å². The Bertz CT molecular complexity index is 603. The summed E-state index contributed by atoms with van der Waals surface area (Å²) >= 11 is 0. The quantitative estimate of drug-likeness (QED) is 0.650. The Morgan fingerprint density at radius 2 is 2.06 bits per heavy atom. The van der Waals surface area contributed by atoms with Crippen LogP contribution in [0.25, 0.3) is 10.9 Å². The van der Waals surface area contributed by atoms with Gasteiger partial charge in [0, 0.05) is 17.4 Å². The van der Waals surface area contributed by atoms with Crippen LogP contribution in [0, 0.1) is 0 Å². The Morgan fingerprint density at radius 3 is 2.78 bits per heavy atom. The van der Waals surface area contributed by atoms with Gasteiger partial charge in [0.15, 0.2) is 0 Å². The second-order valence-electron chi connectivity index (χ2n) is 3.85. The van der Waals surface area contributed by atoms with Crippen molar-refractivity contribution in [1.82, 2.24) is 10.3 Å². The number of carboxylic acid groups (broad SMARTS) is 1. The minimum absolute atomic E-state index is 0.0782. The highest BCUT2D eigenvalue weighted by atomic mass is 16.4. The number of phenolic OH excluding ortho intramolecular Hbond substituents is 1. The zero-order valence-corrected chi connectivity index (χ0v) is 9.43. The number of aliphatic carboxylic acids is 1. The molecule has 0 spiro atoms. The van der Waals surface area contributed by atoms with Crippen molar-refractivity contribution in [3.63, 3.8) is 0 Å². The first-order valence-corrected chi connectivity index (χ1v) is 5.38. The molecule has 0 fully saturated rings. The zero-order valence-electron chi connectivity index (χ0n) is 9.43. The molecule has 0 unspecified atom stereocenters. The molecule has 0 bridgehead atoms. The minimum atomic E-state index is -0.961. The number of aromatic nitrogens is 1. The molecule has 0 saturated heterocycles. The molecule has 0 aliphatic carbocycles. The van der Waals surface area contributed by atoms with Crippen molar-refractivity contribution in [2.24, 2.45) is 0 Å². The first kappa shape index (κ1) is 12.0. The molecule has 0 aliphatic heterocycles. The maximum atomic E-state index is 11.7. The van der Waals surface area contributed by atoms with Crippen molar-refractivity contribution in [2.45, 2.75) is 6.42 Å². The van der Waals surface area contributed by atoms with Gasteiger partial charge in [-0.15, -0.1) is 0 Å². The SMILES string of the molecule is O=C(O)CCNC(=O)c1cc2cc(O)ccc2[nH]1. The molecule has 6 nitrogen and oxygen atoms in total. The number of hydrogen-bond donors (Lipinski definition) is 4. The molecule has 1 amide bonds. The second kappa shape index (κ2) is 4.79. The predicted molar refractivity (Wildman–Crippen MR) is 64.5 cm³/mol. The predicted octanol–water partition coefficient (Wildman–Crippen LogP) is 1.08. The zero-order chi connectivity index (χ0) is 13.1. The van der Waals surface area contributed by atoms with E-state index in [0.29, 0.717) is 5.69 Å². The Balaban J connectivity index is 2.10. The van der Waals surface area contributed by atoms with E-state index >= 15 is 0 Å². The van der Waals surface area contributed by atoms with E-state index in [4.69, 9.17) is 5.11 Å². The van der Waals surface area contributed by atoms with E-state index in [-0.39, 0.29) is 24.6 Å². The van der Waals surface area contributed by atoms with Crippen molar-refractivity contribution in [3.05, 3.63) is 30.0 Å². The third kappa shape index (κ3) is 2.60. The van der Waals surface area contributed by atoms with Crippen LogP contribution in [0.4, 0.5) is 0 Å². The maximum absolute atomic E-state index is 11.7. The number of aromatic amines is 1. The summed E-state index contributed by atoms with van der Waals surface area (Å²) in [6, 6.07) is 6.33. The molecule has 0 radical (unpaired) electrons. The number of nitrogens with one attached hydrogen (secondary N) is 2. The van der Waals surface area contributed by atoms with Crippen LogP contribution in [0.1, 0.15) is 16.9 Å². The lowest BCUT2D eigenvalue weighted by Gasteiger charge is -2.00. The summed E-state index contributed by atoms with van der Waals surface area (Å²) in [5.74, 6) is -1.21. The summed E-state index contributed by atoms with van der Waals surface area (Å²) < 4.78 is 0. The highest BCUT2D eigenvalue weighted by Crippen LogP contribution is 2.20. The molecule has 0 saturated carbocycles. The molecule has 94 valence electrons. The molecule has 2 aromatic rings. The van der Waals surface area contributed by atoms with E-state index in [1.807, 2.05) is 0 Å². The van der Waals surface area contributed by atoms with Crippen molar-refractivity contribution >= 4 is 22.8 Å². The highest BCUT2D eigenvalue weighted by molar-refractivity contribution is 5.98. The van der Waals surface area contributed by atoms with E-state index in [9.17, 15) is 14.7 Å². The molecule has 18 heavy (non-hydrogen) atoms. The lowest BCUT2D eigenvalue weighted by atomic mass is 10.2. The van der Waals surface area contributed by atoms with Gasteiger partial charge >= 0.3 is 5.97 Å². The number of rotatable bonds is 4. The number of fused-ring (bicyclic) bond motifs is 1. The molecule has 1 aromatic heterocycles. The number of carboxylic acids is 1. The van der Waals surface area contributed by atoms with Crippen LogP contribution >= 0.6 is 0 Å². The number of carbonyl (C=O) groups excluding carboxylic acids is 1. The Labute approximate surface area is 102 Å². The number of carbonyl (C=O) groups is 2. The lowest BCUT2D eigenvalue weighted by Crippen LogP contribution is -2.26. The molecule has 2 rings (SSSR count). The first-order valence-electron chi connectivity index (χ1n) is 5.38. The summed E-state index contributed by atoms with van der Waals surface area (Å²) in [6.07, 6.45) is -0.118. The smallest absolute Gasteiger partial charge is 0.305 e. The lowest BCUT2D eigenvalue weighted by molar-refractivity contribution is -0.136. The minimum Gasteiger partial charge on any atom is -0.508 e. The fourth-order valence-electron chi connectivity index (χ4n) is 1.62. The van der Waals surface area contributed by atoms with E-state index in [0.717, 1.165) is 10.9 Å². The maximum Gasteiger partial charge on any atom is 0.305 e. The van der Waals surface area contributed by atoms with Gasteiger partial charge in [0.25, 0.3) is 5.91 Å². The highest BCUT2D eigenvalue weighted by Gasteiger charge is 2.09. The van der Waals surface area contributed by atoms with Gasteiger partial charge in [0.1, 0.15) is 11.4 Å². The topological polar surface area (TPSA) is 102 Å². The summed E-state index contributed by atoms with van der Waals surface area (Å²) in [5, 5.41) is 21.0. The third-order valence-corrected chi connectivity index (χ3v) is 2.47. The summed E-state index contributed by atoms with van der Waals surface area (Å²) in [5.41, 5.74) is 1.07. The van der Waals surface area contributed by atoms with Crippen molar-refractivity contribution in [1.29, 1.82) is 0 Å².